The Morgan fingerprint density at radius 1 is 0.963 bits per heavy atom. The van der Waals surface area contributed by atoms with Crippen LogP contribution in [0.3, 0.4) is 0 Å². The summed E-state index contributed by atoms with van der Waals surface area (Å²) in [6.07, 6.45) is 3.00. The monoisotopic (exact) mass is 384 g/mol. The Morgan fingerprint density at radius 3 is 2.00 bits per heavy atom. The minimum Gasteiger partial charge on any atom is -0.353 e. The largest absolute Gasteiger partial charge is 0.353 e. The molecule has 0 heterocycles. The molecular formula is C22H28N2O2S. The van der Waals surface area contributed by atoms with Gasteiger partial charge in [-0.25, -0.2) is 0 Å². The summed E-state index contributed by atoms with van der Waals surface area (Å²) in [5, 5.41) is 5.90. The summed E-state index contributed by atoms with van der Waals surface area (Å²) in [6, 6.07) is 19.8. The van der Waals surface area contributed by atoms with Crippen molar-refractivity contribution in [2.75, 3.05) is 18.6 Å². The van der Waals surface area contributed by atoms with Crippen LogP contribution < -0.4 is 10.6 Å². The molecule has 1 unspecified atom stereocenters. The highest BCUT2D eigenvalue weighted by Crippen LogP contribution is 2.23. The van der Waals surface area contributed by atoms with Crippen molar-refractivity contribution < 1.29 is 9.59 Å². The van der Waals surface area contributed by atoms with Crippen molar-refractivity contribution in [3.05, 3.63) is 71.8 Å². The molecule has 4 nitrogen and oxygen atoms in total. The van der Waals surface area contributed by atoms with Crippen LogP contribution in [0, 0.1) is 0 Å². The number of carbonyl (C=O) groups excluding carboxylic acids is 2. The van der Waals surface area contributed by atoms with Gasteiger partial charge in [-0.3, -0.25) is 9.59 Å². The third-order valence-electron chi connectivity index (χ3n) is 4.47. The molecule has 0 aliphatic heterocycles. The molecule has 5 heteroatoms. The molecular weight excluding hydrogens is 356 g/mol. The second-order valence-electron chi connectivity index (χ2n) is 6.37. The molecule has 0 saturated carbocycles. The van der Waals surface area contributed by atoms with Gasteiger partial charge in [0.05, 0.1) is 0 Å². The van der Waals surface area contributed by atoms with Crippen molar-refractivity contribution in [3.63, 3.8) is 0 Å². The summed E-state index contributed by atoms with van der Waals surface area (Å²) in [6.45, 7) is 2.28. The summed E-state index contributed by atoms with van der Waals surface area (Å²) in [5.74, 6) is 0.671. The van der Waals surface area contributed by atoms with Gasteiger partial charge in [0.2, 0.25) is 11.8 Å². The van der Waals surface area contributed by atoms with Gasteiger partial charge < -0.3 is 10.6 Å². The van der Waals surface area contributed by atoms with E-state index >= 15 is 0 Å². The zero-order chi connectivity index (χ0) is 19.5. The van der Waals surface area contributed by atoms with Gasteiger partial charge >= 0.3 is 0 Å². The first-order chi connectivity index (χ1) is 13.2. The average molecular weight is 385 g/mol. The van der Waals surface area contributed by atoms with Gasteiger partial charge in [0.15, 0.2) is 0 Å². The van der Waals surface area contributed by atoms with Crippen molar-refractivity contribution in [1.82, 2.24) is 10.6 Å². The smallest absolute Gasteiger partial charge is 0.242 e. The van der Waals surface area contributed by atoms with Gasteiger partial charge in [-0.15, -0.1) is 0 Å². The number of hydrogen-bond donors (Lipinski definition) is 2. The zero-order valence-corrected chi connectivity index (χ0v) is 16.8. The van der Waals surface area contributed by atoms with Crippen LogP contribution in [0.15, 0.2) is 60.7 Å². The number of carbonyl (C=O) groups is 2. The lowest BCUT2D eigenvalue weighted by atomic mass is 9.91. The van der Waals surface area contributed by atoms with Crippen LogP contribution in [0.5, 0.6) is 0 Å². The zero-order valence-electron chi connectivity index (χ0n) is 16.0. The molecule has 0 aromatic heterocycles. The average Bonchev–Trinajstić information content (AvgIpc) is 2.72. The van der Waals surface area contributed by atoms with Gasteiger partial charge in [-0.2, -0.15) is 11.8 Å². The van der Waals surface area contributed by atoms with E-state index in [2.05, 4.69) is 34.9 Å². The second kappa shape index (κ2) is 11.4. The number of thioether (sulfide) groups is 1. The van der Waals surface area contributed by atoms with Crippen LogP contribution in [-0.2, 0) is 9.59 Å². The molecule has 144 valence electrons. The summed E-state index contributed by atoms with van der Waals surface area (Å²) in [4.78, 5) is 24.5. The topological polar surface area (TPSA) is 58.2 Å². The van der Waals surface area contributed by atoms with Crippen molar-refractivity contribution in [3.8, 4) is 0 Å². The van der Waals surface area contributed by atoms with Gasteiger partial charge in [-0.05, 0) is 29.6 Å². The highest BCUT2D eigenvalue weighted by atomic mass is 32.2. The van der Waals surface area contributed by atoms with Crippen molar-refractivity contribution in [2.45, 2.75) is 31.7 Å². The number of benzene rings is 2. The van der Waals surface area contributed by atoms with Gasteiger partial charge in [0.1, 0.15) is 6.04 Å². The minimum atomic E-state index is -0.489. The molecule has 2 amide bonds. The highest BCUT2D eigenvalue weighted by Gasteiger charge is 2.22. The first-order valence-corrected chi connectivity index (χ1v) is 10.7. The fourth-order valence-electron chi connectivity index (χ4n) is 2.93. The van der Waals surface area contributed by atoms with E-state index in [9.17, 15) is 9.59 Å². The lowest BCUT2D eigenvalue weighted by molar-refractivity contribution is -0.128. The van der Waals surface area contributed by atoms with Crippen molar-refractivity contribution >= 4 is 23.6 Å². The maximum atomic E-state index is 12.7. The van der Waals surface area contributed by atoms with Crippen LogP contribution in [-0.4, -0.2) is 36.4 Å². The summed E-state index contributed by atoms with van der Waals surface area (Å²) < 4.78 is 0. The van der Waals surface area contributed by atoms with Crippen LogP contribution in [0.1, 0.15) is 36.8 Å². The highest BCUT2D eigenvalue weighted by molar-refractivity contribution is 7.98. The fraction of sp³-hybridized carbons (Fsp3) is 0.364. The SMILES string of the molecule is CCC(=O)NC(CCSC)C(=O)NCC(c1ccccc1)c1ccccc1. The van der Waals surface area contributed by atoms with Crippen LogP contribution in [0.25, 0.3) is 0 Å². The molecule has 2 rings (SSSR count). The molecule has 0 saturated heterocycles. The van der Waals surface area contributed by atoms with E-state index in [1.54, 1.807) is 18.7 Å². The summed E-state index contributed by atoms with van der Waals surface area (Å²) in [5.41, 5.74) is 2.31. The Hall–Kier alpha value is -2.27. The molecule has 2 aromatic rings. The Labute approximate surface area is 166 Å². The molecule has 0 aliphatic rings. The van der Waals surface area contributed by atoms with E-state index in [1.807, 2.05) is 42.7 Å². The molecule has 0 bridgehead atoms. The second-order valence-corrected chi connectivity index (χ2v) is 7.36. The first-order valence-electron chi connectivity index (χ1n) is 9.31. The molecule has 2 N–H and O–H groups in total. The third kappa shape index (κ3) is 6.75. The Kier molecular flexibility index (Phi) is 8.92. The van der Waals surface area contributed by atoms with E-state index in [-0.39, 0.29) is 17.7 Å². The molecule has 2 aromatic carbocycles. The molecule has 0 fully saturated rings. The van der Waals surface area contributed by atoms with Crippen molar-refractivity contribution in [2.24, 2.45) is 0 Å². The number of hydrogen-bond acceptors (Lipinski definition) is 3. The lowest BCUT2D eigenvalue weighted by Gasteiger charge is -2.22. The Balaban J connectivity index is 2.10. The molecule has 0 radical (unpaired) electrons. The standard InChI is InChI=1S/C22H28N2O2S/c1-3-21(25)24-20(14-15-27-2)22(26)23-16-19(17-10-6-4-7-11-17)18-12-8-5-9-13-18/h4-13,19-20H,3,14-16H2,1-2H3,(H,23,26)(H,24,25). The van der Waals surface area contributed by atoms with Crippen molar-refractivity contribution in [1.29, 1.82) is 0 Å². The van der Waals surface area contributed by atoms with Gasteiger partial charge in [0.25, 0.3) is 0 Å². The van der Waals surface area contributed by atoms with Gasteiger partial charge in [0, 0.05) is 18.9 Å². The van der Waals surface area contributed by atoms with Crippen LogP contribution in [0.2, 0.25) is 0 Å². The van der Waals surface area contributed by atoms with E-state index < -0.39 is 6.04 Å². The summed E-state index contributed by atoms with van der Waals surface area (Å²) in [7, 11) is 0. The molecule has 0 aliphatic carbocycles. The van der Waals surface area contributed by atoms with Crippen LogP contribution in [0.4, 0.5) is 0 Å². The molecule has 27 heavy (non-hydrogen) atoms. The van der Waals surface area contributed by atoms with E-state index in [0.29, 0.717) is 19.4 Å². The quantitative estimate of drug-likeness (QED) is 0.658. The molecule has 0 spiro atoms. The fourth-order valence-corrected chi connectivity index (χ4v) is 3.40. The summed E-state index contributed by atoms with van der Waals surface area (Å²) >= 11 is 1.67. The Bertz CT molecular complexity index is 667. The number of amides is 2. The van der Waals surface area contributed by atoms with E-state index in [4.69, 9.17) is 0 Å². The third-order valence-corrected chi connectivity index (χ3v) is 5.11. The predicted octanol–water partition coefficient (Wildman–Crippen LogP) is 3.58. The number of nitrogens with one attached hydrogen (secondary N) is 2. The van der Waals surface area contributed by atoms with E-state index in [0.717, 1.165) is 16.9 Å². The first kappa shape index (κ1) is 21.0. The minimum absolute atomic E-state index is 0.0689. The lowest BCUT2D eigenvalue weighted by Crippen LogP contribution is -2.47. The van der Waals surface area contributed by atoms with Crippen LogP contribution >= 0.6 is 11.8 Å². The Morgan fingerprint density at radius 2 is 1.52 bits per heavy atom. The predicted molar refractivity (Wildman–Crippen MR) is 113 cm³/mol. The molecule has 1 atom stereocenters. The maximum absolute atomic E-state index is 12.7. The number of rotatable bonds is 10. The normalized spacial score (nSPS) is 11.8. The maximum Gasteiger partial charge on any atom is 0.242 e. The van der Waals surface area contributed by atoms with Gasteiger partial charge in [-0.1, -0.05) is 67.6 Å². The van der Waals surface area contributed by atoms with E-state index in [1.165, 1.54) is 0 Å².